The Morgan fingerprint density at radius 2 is 1.58 bits per heavy atom. The number of fused-ring (bicyclic) bond motifs is 1. The second-order valence-corrected chi connectivity index (χ2v) is 11.2. The SMILES string of the molecule is CS(=O)(=O)Nc1ccccc1-c1ccc2nc(C=Cc3ccc(NS(=O)(=O)C(F)(F)F)cc3)[nH]c2c1. The van der Waals surface area contributed by atoms with Crippen LogP contribution in [-0.4, -0.2) is 38.6 Å². The van der Waals surface area contributed by atoms with Gasteiger partial charge in [0, 0.05) is 11.3 Å². The molecule has 0 amide bonds. The summed E-state index contributed by atoms with van der Waals surface area (Å²) < 4.78 is 87.3. The van der Waals surface area contributed by atoms with Gasteiger partial charge < -0.3 is 4.98 Å². The summed E-state index contributed by atoms with van der Waals surface area (Å²) in [6.45, 7) is 0. The van der Waals surface area contributed by atoms with Crippen molar-refractivity contribution in [2.24, 2.45) is 0 Å². The molecule has 0 atom stereocenters. The summed E-state index contributed by atoms with van der Waals surface area (Å²) in [7, 11) is -8.95. The maximum atomic E-state index is 12.5. The number of halogens is 3. The maximum Gasteiger partial charge on any atom is 0.516 e. The fourth-order valence-electron chi connectivity index (χ4n) is 3.35. The molecule has 0 aliphatic rings. The summed E-state index contributed by atoms with van der Waals surface area (Å²) in [6.07, 6.45) is 4.40. The Hall–Kier alpha value is -3.84. The zero-order valence-electron chi connectivity index (χ0n) is 18.5. The molecule has 13 heteroatoms. The fourth-order valence-corrected chi connectivity index (χ4v) is 4.49. The van der Waals surface area contributed by atoms with Crippen molar-refractivity contribution in [3.63, 3.8) is 0 Å². The number of nitrogens with one attached hydrogen (secondary N) is 3. The van der Waals surface area contributed by atoms with Crippen LogP contribution in [0.1, 0.15) is 11.4 Å². The lowest BCUT2D eigenvalue weighted by atomic mass is 10.0. The summed E-state index contributed by atoms with van der Waals surface area (Å²) in [4.78, 5) is 7.62. The molecule has 0 saturated heterocycles. The first-order chi connectivity index (χ1) is 16.8. The average Bonchev–Trinajstić information content (AvgIpc) is 3.19. The van der Waals surface area contributed by atoms with Gasteiger partial charge in [0.15, 0.2) is 0 Å². The minimum absolute atomic E-state index is 0.216. The smallest absolute Gasteiger partial charge is 0.338 e. The quantitative estimate of drug-likeness (QED) is 0.306. The minimum Gasteiger partial charge on any atom is -0.338 e. The molecule has 0 aliphatic carbocycles. The third-order valence-electron chi connectivity index (χ3n) is 4.93. The first-order valence-corrected chi connectivity index (χ1v) is 13.6. The van der Waals surface area contributed by atoms with Crippen molar-refractivity contribution in [3.05, 3.63) is 78.1 Å². The predicted octanol–water partition coefficient (Wildman–Crippen LogP) is 5.03. The molecule has 3 aromatic carbocycles. The third-order valence-corrected chi connectivity index (χ3v) is 6.64. The second kappa shape index (κ2) is 9.32. The highest BCUT2D eigenvalue weighted by molar-refractivity contribution is 7.93. The zero-order valence-corrected chi connectivity index (χ0v) is 20.2. The van der Waals surface area contributed by atoms with Crippen molar-refractivity contribution in [1.29, 1.82) is 0 Å². The lowest BCUT2D eigenvalue weighted by molar-refractivity contribution is -0.0429. The number of anilines is 2. The van der Waals surface area contributed by atoms with Gasteiger partial charge in [0.2, 0.25) is 10.0 Å². The average molecular weight is 537 g/mol. The van der Waals surface area contributed by atoms with E-state index in [1.165, 1.54) is 29.0 Å². The van der Waals surface area contributed by atoms with Crippen LogP contribution in [-0.2, 0) is 20.0 Å². The molecule has 36 heavy (non-hydrogen) atoms. The van der Waals surface area contributed by atoms with Gasteiger partial charge in [0.25, 0.3) is 0 Å². The van der Waals surface area contributed by atoms with E-state index in [9.17, 15) is 30.0 Å². The lowest BCUT2D eigenvalue weighted by Gasteiger charge is -2.10. The van der Waals surface area contributed by atoms with Gasteiger partial charge in [-0.3, -0.25) is 9.44 Å². The Kier molecular flexibility index (Phi) is 6.54. The van der Waals surface area contributed by atoms with Crippen molar-refractivity contribution in [2.45, 2.75) is 5.51 Å². The van der Waals surface area contributed by atoms with E-state index in [-0.39, 0.29) is 5.69 Å². The van der Waals surface area contributed by atoms with E-state index in [1.54, 1.807) is 42.5 Å². The summed E-state index contributed by atoms with van der Waals surface area (Å²) in [5.74, 6) is 0.506. The highest BCUT2D eigenvalue weighted by Crippen LogP contribution is 2.30. The molecular formula is C23H19F3N4O4S2. The van der Waals surface area contributed by atoms with Crippen LogP contribution in [0.25, 0.3) is 34.3 Å². The van der Waals surface area contributed by atoms with E-state index in [1.807, 2.05) is 12.1 Å². The molecule has 1 heterocycles. The van der Waals surface area contributed by atoms with Crippen LogP contribution in [0, 0.1) is 0 Å². The van der Waals surface area contributed by atoms with Gasteiger partial charge in [-0.2, -0.15) is 21.6 Å². The summed E-state index contributed by atoms with van der Waals surface area (Å²) in [5, 5.41) is 0. The molecule has 188 valence electrons. The van der Waals surface area contributed by atoms with Crippen LogP contribution in [0.3, 0.4) is 0 Å². The van der Waals surface area contributed by atoms with E-state index >= 15 is 0 Å². The Morgan fingerprint density at radius 1 is 0.889 bits per heavy atom. The number of rotatable bonds is 7. The van der Waals surface area contributed by atoms with Crippen LogP contribution < -0.4 is 9.44 Å². The number of hydrogen-bond donors (Lipinski definition) is 3. The van der Waals surface area contributed by atoms with Crippen LogP contribution >= 0.6 is 0 Å². The van der Waals surface area contributed by atoms with Crippen molar-refractivity contribution in [3.8, 4) is 11.1 Å². The van der Waals surface area contributed by atoms with Crippen molar-refractivity contribution >= 4 is 54.6 Å². The first-order valence-electron chi connectivity index (χ1n) is 10.2. The van der Waals surface area contributed by atoms with Crippen molar-refractivity contribution in [2.75, 3.05) is 15.7 Å². The molecule has 0 unspecified atom stereocenters. The molecule has 8 nitrogen and oxygen atoms in total. The summed E-state index contributed by atoms with van der Waals surface area (Å²) >= 11 is 0. The number of nitrogens with zero attached hydrogens (tertiary/aromatic N) is 1. The molecule has 4 aromatic rings. The molecular weight excluding hydrogens is 517 g/mol. The predicted molar refractivity (Wildman–Crippen MR) is 134 cm³/mol. The Labute approximate surface area is 205 Å². The van der Waals surface area contributed by atoms with E-state index in [2.05, 4.69) is 14.7 Å². The van der Waals surface area contributed by atoms with Gasteiger partial charge in [0.05, 0.1) is 23.0 Å². The molecule has 3 N–H and O–H groups in total. The molecule has 0 fully saturated rings. The molecule has 0 saturated carbocycles. The molecule has 1 aromatic heterocycles. The largest absolute Gasteiger partial charge is 0.516 e. The number of alkyl halides is 3. The monoisotopic (exact) mass is 536 g/mol. The van der Waals surface area contributed by atoms with Gasteiger partial charge >= 0.3 is 15.5 Å². The van der Waals surface area contributed by atoms with E-state index in [4.69, 9.17) is 0 Å². The molecule has 0 radical (unpaired) electrons. The highest BCUT2D eigenvalue weighted by Gasteiger charge is 2.46. The Bertz CT molecular complexity index is 1660. The number of H-pyrrole nitrogens is 1. The lowest BCUT2D eigenvalue weighted by Crippen LogP contribution is -2.29. The van der Waals surface area contributed by atoms with Crippen LogP contribution in [0.15, 0.2) is 66.7 Å². The van der Waals surface area contributed by atoms with Gasteiger partial charge in [-0.05, 0) is 47.5 Å². The third kappa shape index (κ3) is 5.86. The normalized spacial score (nSPS) is 12.8. The number of aromatic nitrogens is 2. The zero-order chi connectivity index (χ0) is 26.1. The van der Waals surface area contributed by atoms with E-state index in [0.29, 0.717) is 33.7 Å². The van der Waals surface area contributed by atoms with Crippen LogP contribution in [0.4, 0.5) is 24.5 Å². The number of benzene rings is 3. The van der Waals surface area contributed by atoms with Crippen molar-refractivity contribution in [1.82, 2.24) is 9.97 Å². The Morgan fingerprint density at radius 3 is 2.25 bits per heavy atom. The second-order valence-electron chi connectivity index (χ2n) is 7.78. The van der Waals surface area contributed by atoms with Crippen LogP contribution in [0.5, 0.6) is 0 Å². The minimum atomic E-state index is -5.49. The topological polar surface area (TPSA) is 121 Å². The molecule has 0 bridgehead atoms. The fraction of sp³-hybridized carbons (Fsp3) is 0.0870. The number of imidazole rings is 1. The first kappa shape index (κ1) is 25.3. The summed E-state index contributed by atoms with van der Waals surface area (Å²) in [5.41, 5.74) is -1.73. The maximum absolute atomic E-state index is 12.5. The van der Waals surface area contributed by atoms with Gasteiger partial charge in [-0.25, -0.2) is 13.4 Å². The Balaban J connectivity index is 1.54. The van der Waals surface area contributed by atoms with Gasteiger partial charge in [0.1, 0.15) is 5.82 Å². The standard InChI is InChI=1S/C23H19F3N4O4S2/c1-35(31,32)30-19-5-3-2-4-18(19)16-9-12-20-21(14-16)28-22(27-20)13-8-15-6-10-17(11-7-15)29-36(33,34)23(24,25)26/h2-14,29-30H,1H3,(H,27,28). The number of sulfonamides is 2. The molecule has 4 rings (SSSR count). The highest BCUT2D eigenvalue weighted by atomic mass is 32.2. The number of para-hydroxylation sites is 1. The molecule has 0 spiro atoms. The van der Waals surface area contributed by atoms with Crippen LogP contribution in [0.2, 0.25) is 0 Å². The van der Waals surface area contributed by atoms with E-state index in [0.717, 1.165) is 11.8 Å². The van der Waals surface area contributed by atoms with Gasteiger partial charge in [-0.15, -0.1) is 0 Å². The van der Waals surface area contributed by atoms with E-state index < -0.39 is 25.6 Å². The van der Waals surface area contributed by atoms with Crippen molar-refractivity contribution < 1.29 is 30.0 Å². The molecule has 0 aliphatic heterocycles. The number of hydrogen-bond acceptors (Lipinski definition) is 5. The summed E-state index contributed by atoms with van der Waals surface area (Å²) in [6, 6.07) is 17.8. The van der Waals surface area contributed by atoms with Gasteiger partial charge in [-0.1, -0.05) is 42.5 Å². The number of aromatic amines is 1.